The number of benzene rings is 1. The Hall–Kier alpha value is -2.28. The van der Waals surface area contributed by atoms with Gasteiger partial charge in [0, 0.05) is 11.3 Å². The van der Waals surface area contributed by atoms with Gasteiger partial charge in [0.15, 0.2) is 5.13 Å². The average molecular weight is 348 g/mol. The van der Waals surface area contributed by atoms with Crippen LogP contribution in [-0.2, 0) is 20.7 Å². The van der Waals surface area contributed by atoms with E-state index < -0.39 is 0 Å². The van der Waals surface area contributed by atoms with Crippen LogP contribution in [0.15, 0.2) is 29.6 Å². The maximum atomic E-state index is 12.9. The molecule has 0 saturated heterocycles. The Bertz CT molecular complexity index is 745. The van der Waals surface area contributed by atoms with Crippen molar-refractivity contribution in [3.05, 3.63) is 46.7 Å². The second kappa shape index (κ2) is 7.09. The highest BCUT2D eigenvalue weighted by molar-refractivity contribution is 7.13. The molecule has 0 radical (unpaired) electrons. The number of carbonyl (C=O) groups excluding carboxylic acids is 2. The van der Waals surface area contributed by atoms with E-state index in [1.807, 2.05) is 0 Å². The highest BCUT2D eigenvalue weighted by Gasteiger charge is 2.44. The Balaban J connectivity index is 1.54. The summed E-state index contributed by atoms with van der Waals surface area (Å²) in [5.74, 6) is -0.699. The Labute approximate surface area is 142 Å². The van der Waals surface area contributed by atoms with Gasteiger partial charge in [-0.05, 0) is 37.0 Å². The van der Waals surface area contributed by atoms with E-state index in [-0.39, 0.29) is 36.0 Å². The van der Waals surface area contributed by atoms with E-state index in [0.717, 1.165) is 12.0 Å². The number of thiazole rings is 1. The number of anilines is 1. The number of carbonyl (C=O) groups is 2. The molecule has 1 aliphatic carbocycles. The molecule has 1 saturated carbocycles. The highest BCUT2D eigenvalue weighted by Crippen LogP contribution is 2.48. The van der Waals surface area contributed by atoms with E-state index in [1.54, 1.807) is 24.4 Å². The summed E-state index contributed by atoms with van der Waals surface area (Å²) >= 11 is 1.28. The minimum atomic E-state index is -0.334. The zero-order valence-corrected chi connectivity index (χ0v) is 13.9. The number of rotatable bonds is 6. The number of amides is 1. The molecule has 1 N–H and O–H groups in total. The Morgan fingerprint density at radius 2 is 2.12 bits per heavy atom. The number of nitrogens with one attached hydrogen (secondary N) is 1. The van der Waals surface area contributed by atoms with Crippen LogP contribution < -0.4 is 5.32 Å². The van der Waals surface area contributed by atoms with Crippen LogP contribution in [0.2, 0.25) is 0 Å². The molecular formula is C17H17FN2O3S. The number of hydrogen-bond donors (Lipinski definition) is 1. The fourth-order valence-electron chi connectivity index (χ4n) is 2.57. The maximum absolute atomic E-state index is 12.9. The number of halogens is 1. The Morgan fingerprint density at radius 1 is 1.38 bits per heavy atom. The number of hydrogen-bond acceptors (Lipinski definition) is 5. The van der Waals surface area contributed by atoms with Gasteiger partial charge in [-0.2, -0.15) is 0 Å². The van der Waals surface area contributed by atoms with Crippen molar-refractivity contribution in [2.24, 2.45) is 5.92 Å². The van der Waals surface area contributed by atoms with Crippen LogP contribution in [0.5, 0.6) is 0 Å². The molecule has 0 spiro atoms. The van der Waals surface area contributed by atoms with Crippen molar-refractivity contribution < 1.29 is 18.7 Å². The monoisotopic (exact) mass is 348 g/mol. The molecule has 5 nitrogen and oxygen atoms in total. The molecule has 126 valence electrons. The van der Waals surface area contributed by atoms with E-state index in [0.29, 0.717) is 17.4 Å². The van der Waals surface area contributed by atoms with Crippen LogP contribution in [0.1, 0.15) is 30.5 Å². The fraction of sp³-hybridized carbons (Fsp3) is 0.353. The minimum Gasteiger partial charge on any atom is -0.466 e. The van der Waals surface area contributed by atoms with Crippen molar-refractivity contribution in [2.45, 2.75) is 25.7 Å². The number of nitrogens with zero attached hydrogens (tertiary/aromatic N) is 1. The van der Waals surface area contributed by atoms with Gasteiger partial charge in [0.05, 0.1) is 18.7 Å². The van der Waals surface area contributed by atoms with Crippen molar-refractivity contribution in [3.8, 4) is 0 Å². The molecule has 1 aromatic heterocycles. The quantitative estimate of drug-likeness (QED) is 0.815. The fourth-order valence-corrected chi connectivity index (χ4v) is 3.28. The smallest absolute Gasteiger partial charge is 0.311 e. The first-order chi connectivity index (χ1) is 11.6. The average Bonchev–Trinajstić information content (AvgIpc) is 3.24. The second-order valence-corrected chi connectivity index (χ2v) is 6.47. The summed E-state index contributed by atoms with van der Waals surface area (Å²) in [6, 6.07) is 6.25. The zero-order valence-electron chi connectivity index (χ0n) is 13.1. The van der Waals surface area contributed by atoms with E-state index >= 15 is 0 Å². The predicted octanol–water partition coefficient (Wildman–Crippen LogP) is 3.13. The topological polar surface area (TPSA) is 68.3 Å². The summed E-state index contributed by atoms with van der Waals surface area (Å²) in [7, 11) is 0. The molecule has 3 rings (SSSR count). The highest BCUT2D eigenvalue weighted by atomic mass is 32.1. The molecule has 0 unspecified atom stereocenters. The number of esters is 1. The summed E-state index contributed by atoms with van der Waals surface area (Å²) < 4.78 is 17.8. The van der Waals surface area contributed by atoms with Gasteiger partial charge < -0.3 is 10.1 Å². The SMILES string of the molecule is CCOC(=O)Cc1csc(NC(=O)[C@H]2C[C@H]2c2ccc(F)cc2)n1. The van der Waals surface area contributed by atoms with Gasteiger partial charge in [0.25, 0.3) is 0 Å². The lowest BCUT2D eigenvalue weighted by molar-refractivity contribution is -0.142. The summed E-state index contributed by atoms with van der Waals surface area (Å²) in [5, 5.41) is 4.99. The van der Waals surface area contributed by atoms with Gasteiger partial charge in [0.1, 0.15) is 5.82 Å². The molecule has 0 bridgehead atoms. The molecule has 1 aliphatic rings. The van der Waals surface area contributed by atoms with Crippen LogP contribution in [0.3, 0.4) is 0 Å². The summed E-state index contributed by atoms with van der Waals surface area (Å²) in [5.41, 5.74) is 1.55. The van der Waals surface area contributed by atoms with Gasteiger partial charge in [0.2, 0.25) is 5.91 Å². The number of aromatic nitrogens is 1. The third-order valence-electron chi connectivity index (χ3n) is 3.84. The molecule has 2 aromatic rings. The first-order valence-corrected chi connectivity index (χ1v) is 8.61. The molecule has 1 aromatic carbocycles. The maximum Gasteiger partial charge on any atom is 0.311 e. The molecule has 1 heterocycles. The molecule has 24 heavy (non-hydrogen) atoms. The van der Waals surface area contributed by atoms with Crippen molar-refractivity contribution in [1.82, 2.24) is 4.98 Å². The first kappa shape index (κ1) is 16.6. The summed E-state index contributed by atoms with van der Waals surface area (Å²) in [6.45, 7) is 2.08. The molecule has 1 amide bonds. The predicted molar refractivity (Wildman–Crippen MR) is 88.3 cm³/mol. The molecular weight excluding hydrogens is 331 g/mol. The second-order valence-electron chi connectivity index (χ2n) is 5.62. The third-order valence-corrected chi connectivity index (χ3v) is 4.64. The molecule has 1 fully saturated rings. The third kappa shape index (κ3) is 3.97. The summed E-state index contributed by atoms with van der Waals surface area (Å²) in [6.07, 6.45) is 0.848. The van der Waals surface area contributed by atoms with E-state index in [2.05, 4.69) is 10.3 Å². The van der Waals surface area contributed by atoms with Crippen molar-refractivity contribution in [2.75, 3.05) is 11.9 Å². The minimum absolute atomic E-state index is 0.0960. The van der Waals surface area contributed by atoms with Crippen LogP contribution in [0.25, 0.3) is 0 Å². The van der Waals surface area contributed by atoms with E-state index in [1.165, 1.54) is 23.5 Å². The van der Waals surface area contributed by atoms with Gasteiger partial charge in [-0.15, -0.1) is 11.3 Å². The van der Waals surface area contributed by atoms with Gasteiger partial charge >= 0.3 is 5.97 Å². The normalized spacial score (nSPS) is 18.9. The lowest BCUT2D eigenvalue weighted by Crippen LogP contribution is -2.14. The van der Waals surface area contributed by atoms with E-state index in [9.17, 15) is 14.0 Å². The lowest BCUT2D eigenvalue weighted by Gasteiger charge is -2.02. The molecule has 0 aliphatic heterocycles. The Morgan fingerprint density at radius 3 is 2.83 bits per heavy atom. The van der Waals surface area contributed by atoms with Crippen LogP contribution >= 0.6 is 11.3 Å². The summed E-state index contributed by atoms with van der Waals surface area (Å²) in [4.78, 5) is 27.9. The van der Waals surface area contributed by atoms with Crippen LogP contribution in [0.4, 0.5) is 9.52 Å². The molecule has 7 heteroatoms. The van der Waals surface area contributed by atoms with Crippen LogP contribution in [0, 0.1) is 11.7 Å². The lowest BCUT2D eigenvalue weighted by atomic mass is 10.1. The van der Waals surface area contributed by atoms with Gasteiger partial charge in [-0.3, -0.25) is 9.59 Å². The number of ether oxygens (including phenoxy) is 1. The van der Waals surface area contributed by atoms with Crippen molar-refractivity contribution in [1.29, 1.82) is 0 Å². The van der Waals surface area contributed by atoms with Crippen molar-refractivity contribution in [3.63, 3.8) is 0 Å². The van der Waals surface area contributed by atoms with Crippen molar-refractivity contribution >= 4 is 28.3 Å². The first-order valence-electron chi connectivity index (χ1n) is 7.73. The van der Waals surface area contributed by atoms with Crippen LogP contribution in [-0.4, -0.2) is 23.5 Å². The molecule has 2 atom stereocenters. The largest absolute Gasteiger partial charge is 0.466 e. The van der Waals surface area contributed by atoms with Gasteiger partial charge in [-0.1, -0.05) is 12.1 Å². The Kier molecular flexibility index (Phi) is 4.89. The van der Waals surface area contributed by atoms with Gasteiger partial charge in [-0.25, -0.2) is 9.37 Å². The standard InChI is InChI=1S/C17H17FN2O3S/c1-2-23-15(21)7-12-9-24-17(19-12)20-16(22)14-8-13(14)10-3-5-11(18)6-4-10/h3-6,9,13-14H,2,7-8H2,1H3,(H,19,20,22)/t13-,14-/m0/s1. The zero-order chi connectivity index (χ0) is 17.1. The van der Waals surface area contributed by atoms with E-state index in [4.69, 9.17) is 4.74 Å².